The summed E-state index contributed by atoms with van der Waals surface area (Å²) in [5.74, 6) is -0.284. The van der Waals surface area contributed by atoms with Crippen LogP contribution in [0.2, 0.25) is 0 Å². The zero-order valence-electron chi connectivity index (χ0n) is 11.6. The van der Waals surface area contributed by atoms with Crippen LogP contribution in [0.4, 0.5) is 0 Å². The minimum absolute atomic E-state index is 0.262. The van der Waals surface area contributed by atoms with Crippen LogP contribution in [0.1, 0.15) is 27.5 Å². The van der Waals surface area contributed by atoms with Crippen molar-refractivity contribution in [3.63, 3.8) is 0 Å². The highest BCUT2D eigenvalue weighted by Crippen LogP contribution is 2.42. The number of halogens is 1. The van der Waals surface area contributed by atoms with Crippen molar-refractivity contribution in [1.29, 1.82) is 0 Å². The molecule has 1 aromatic heterocycles. The lowest BCUT2D eigenvalue weighted by Gasteiger charge is -2.16. The van der Waals surface area contributed by atoms with Crippen molar-refractivity contribution in [3.8, 4) is 5.69 Å². The van der Waals surface area contributed by atoms with Gasteiger partial charge in [-0.3, -0.25) is 0 Å². The fraction of sp³-hybridized carbons (Fsp3) is 0.176. The Kier molecular flexibility index (Phi) is 2.94. The number of carboxylic acid groups (broad SMARTS) is 1. The third-order valence-electron chi connectivity index (χ3n) is 4.25. The van der Waals surface area contributed by atoms with Gasteiger partial charge in [0.05, 0.1) is 16.9 Å². The van der Waals surface area contributed by atoms with Crippen LogP contribution in [-0.4, -0.2) is 20.9 Å². The first-order chi connectivity index (χ1) is 10.6. The van der Waals surface area contributed by atoms with E-state index in [2.05, 4.69) is 17.3 Å². The van der Waals surface area contributed by atoms with Crippen LogP contribution in [-0.2, 0) is 6.42 Å². The van der Waals surface area contributed by atoms with Gasteiger partial charge < -0.3 is 5.11 Å². The molecule has 1 N–H and O–H groups in total. The molecule has 5 heteroatoms. The van der Waals surface area contributed by atoms with Crippen LogP contribution in [0, 0.1) is 5.92 Å². The first kappa shape index (κ1) is 13.3. The molecular formula is C17H13ClN2O2. The Morgan fingerprint density at radius 2 is 2.27 bits per heavy atom. The molecule has 2 atom stereocenters. The Morgan fingerprint density at radius 3 is 3.09 bits per heavy atom. The van der Waals surface area contributed by atoms with Gasteiger partial charge in [0.2, 0.25) is 0 Å². The lowest BCUT2D eigenvalue weighted by Crippen LogP contribution is -2.09. The molecule has 0 radical (unpaired) electrons. The van der Waals surface area contributed by atoms with Crippen molar-refractivity contribution >= 4 is 17.6 Å². The zero-order valence-corrected chi connectivity index (χ0v) is 12.4. The minimum Gasteiger partial charge on any atom is -0.478 e. The lowest BCUT2D eigenvalue weighted by molar-refractivity contribution is 0.0697. The SMILES string of the molecule is O=C(O)c1cccc(-n2cc3c(n2)C2C=CC(Cl)=CC2C3)c1. The predicted molar refractivity (Wildman–Crippen MR) is 83.5 cm³/mol. The summed E-state index contributed by atoms with van der Waals surface area (Å²) in [5, 5.41) is 14.6. The van der Waals surface area contributed by atoms with Gasteiger partial charge in [-0.25, -0.2) is 9.48 Å². The third-order valence-corrected chi connectivity index (χ3v) is 4.50. The van der Waals surface area contributed by atoms with E-state index in [0.29, 0.717) is 5.92 Å². The summed E-state index contributed by atoms with van der Waals surface area (Å²) in [7, 11) is 0. The van der Waals surface area contributed by atoms with Crippen LogP contribution in [0.25, 0.3) is 5.69 Å². The van der Waals surface area contributed by atoms with Gasteiger partial charge >= 0.3 is 5.97 Å². The van der Waals surface area contributed by atoms with E-state index >= 15 is 0 Å². The Labute approximate surface area is 132 Å². The molecular weight excluding hydrogens is 300 g/mol. The average molecular weight is 313 g/mol. The molecule has 0 aliphatic heterocycles. The lowest BCUT2D eigenvalue weighted by atomic mass is 9.91. The molecule has 2 aliphatic rings. The van der Waals surface area contributed by atoms with Crippen molar-refractivity contribution < 1.29 is 9.90 Å². The molecule has 0 spiro atoms. The van der Waals surface area contributed by atoms with Gasteiger partial charge in [-0.05, 0) is 42.2 Å². The molecule has 1 aromatic carbocycles. The quantitative estimate of drug-likeness (QED) is 0.923. The minimum atomic E-state index is -0.934. The number of rotatable bonds is 2. The number of hydrogen-bond donors (Lipinski definition) is 1. The van der Waals surface area contributed by atoms with Gasteiger partial charge in [0.25, 0.3) is 0 Å². The largest absolute Gasteiger partial charge is 0.478 e. The van der Waals surface area contributed by atoms with Crippen LogP contribution in [0.3, 0.4) is 0 Å². The highest BCUT2D eigenvalue weighted by Gasteiger charge is 2.34. The smallest absolute Gasteiger partial charge is 0.335 e. The van der Waals surface area contributed by atoms with E-state index in [1.807, 2.05) is 18.3 Å². The number of carbonyl (C=O) groups is 1. The predicted octanol–water partition coefficient (Wildman–Crippen LogP) is 3.52. The van der Waals surface area contributed by atoms with Crippen molar-refractivity contribution in [1.82, 2.24) is 9.78 Å². The molecule has 0 bridgehead atoms. The highest BCUT2D eigenvalue weighted by atomic mass is 35.5. The molecule has 4 nitrogen and oxygen atoms in total. The van der Waals surface area contributed by atoms with Crippen molar-refractivity contribution in [2.75, 3.05) is 0 Å². The summed E-state index contributed by atoms with van der Waals surface area (Å²) in [6.07, 6.45) is 9.01. The van der Waals surface area contributed by atoms with E-state index in [-0.39, 0.29) is 11.5 Å². The molecule has 2 aromatic rings. The number of fused-ring (bicyclic) bond motifs is 3. The van der Waals surface area contributed by atoms with Gasteiger partial charge in [0, 0.05) is 17.1 Å². The van der Waals surface area contributed by atoms with Gasteiger partial charge in [0.1, 0.15) is 0 Å². The second kappa shape index (κ2) is 4.85. The fourth-order valence-electron chi connectivity index (χ4n) is 3.21. The molecule has 0 amide bonds. The van der Waals surface area contributed by atoms with E-state index < -0.39 is 5.97 Å². The summed E-state index contributed by atoms with van der Waals surface area (Å²) in [6, 6.07) is 6.81. The van der Waals surface area contributed by atoms with Crippen molar-refractivity contribution in [3.05, 3.63) is 70.5 Å². The topological polar surface area (TPSA) is 55.1 Å². The van der Waals surface area contributed by atoms with Gasteiger partial charge in [-0.15, -0.1) is 0 Å². The van der Waals surface area contributed by atoms with E-state index in [9.17, 15) is 4.79 Å². The number of hydrogen-bond acceptors (Lipinski definition) is 2. The number of carboxylic acids is 1. The summed E-state index contributed by atoms with van der Waals surface area (Å²) in [4.78, 5) is 11.1. The van der Waals surface area contributed by atoms with Gasteiger partial charge in [0.15, 0.2) is 0 Å². The molecule has 110 valence electrons. The Bertz CT molecular complexity index is 835. The van der Waals surface area contributed by atoms with Crippen LogP contribution in [0.5, 0.6) is 0 Å². The van der Waals surface area contributed by atoms with Crippen LogP contribution in [0.15, 0.2) is 53.7 Å². The molecule has 1 heterocycles. The monoisotopic (exact) mass is 312 g/mol. The number of aromatic nitrogens is 2. The van der Waals surface area contributed by atoms with Gasteiger partial charge in [-0.1, -0.05) is 29.8 Å². The normalized spacial score (nSPS) is 22.1. The molecule has 2 unspecified atom stereocenters. The van der Waals surface area contributed by atoms with E-state index in [1.165, 1.54) is 5.56 Å². The second-order valence-corrected chi connectivity index (χ2v) is 6.08. The Hall–Kier alpha value is -2.33. The third kappa shape index (κ3) is 2.07. The van der Waals surface area contributed by atoms with Gasteiger partial charge in [-0.2, -0.15) is 5.10 Å². The summed E-state index contributed by atoms with van der Waals surface area (Å²) in [6.45, 7) is 0. The number of benzene rings is 1. The number of nitrogens with zero attached hydrogens (tertiary/aromatic N) is 2. The molecule has 2 aliphatic carbocycles. The second-order valence-electron chi connectivity index (χ2n) is 5.64. The zero-order chi connectivity index (χ0) is 15.3. The summed E-state index contributed by atoms with van der Waals surface area (Å²) in [5.41, 5.74) is 3.28. The summed E-state index contributed by atoms with van der Waals surface area (Å²) >= 11 is 6.06. The number of aromatic carboxylic acids is 1. The molecule has 22 heavy (non-hydrogen) atoms. The first-order valence-corrected chi connectivity index (χ1v) is 7.47. The van der Waals surface area contributed by atoms with Crippen molar-refractivity contribution in [2.45, 2.75) is 12.3 Å². The average Bonchev–Trinajstić information content (AvgIpc) is 3.04. The van der Waals surface area contributed by atoms with E-state index in [1.54, 1.807) is 22.9 Å². The molecule has 4 rings (SSSR count). The fourth-order valence-corrected chi connectivity index (χ4v) is 3.44. The van der Waals surface area contributed by atoms with Crippen LogP contribution < -0.4 is 0 Å². The Balaban J connectivity index is 1.71. The first-order valence-electron chi connectivity index (χ1n) is 7.09. The molecule has 0 fully saturated rings. The standard InChI is InChI=1S/C17H13ClN2O2/c18-13-4-5-15-11(7-13)6-12-9-20(19-16(12)15)14-3-1-2-10(8-14)17(21)22/h1-5,7-9,11,15H,6H2,(H,21,22). The van der Waals surface area contributed by atoms with Crippen LogP contribution >= 0.6 is 11.6 Å². The Morgan fingerprint density at radius 1 is 1.41 bits per heavy atom. The highest BCUT2D eigenvalue weighted by molar-refractivity contribution is 6.31. The molecule has 0 saturated carbocycles. The summed E-state index contributed by atoms with van der Waals surface area (Å²) < 4.78 is 1.76. The maximum absolute atomic E-state index is 11.1. The van der Waals surface area contributed by atoms with Crippen molar-refractivity contribution in [2.24, 2.45) is 5.92 Å². The van der Waals surface area contributed by atoms with E-state index in [4.69, 9.17) is 16.7 Å². The molecule has 0 saturated heterocycles. The maximum Gasteiger partial charge on any atom is 0.335 e. The van der Waals surface area contributed by atoms with E-state index in [0.717, 1.165) is 22.8 Å². The maximum atomic E-state index is 11.1. The number of allylic oxidation sites excluding steroid dienone is 4.